The largest absolute Gasteiger partial charge is 1.00 e. The lowest BCUT2D eigenvalue weighted by Crippen LogP contribution is -3.00. The standard InChI is InChI=1S/C27H24F2NO4.C13H12F2N6O.BrH/c1-16(2)34-27(31)18-5-3-17(4-6-18)14-30-10-9-19-11-24-25(33-15-32-24)13-22(19)26(30)21-8-7-20(28)12-23(21)29;14-10-1-2-11(12(15)3-10)13(22,4-20-8-16-6-18-20)5-21-9-17-7-19-21;/h3-8,11-13,16H,9-10,14-15H2,1-2H3;1-3,6-9,22H,4-5H2;1H/q+1;;/p-1. The normalized spacial score (nSPS) is 13.1. The van der Waals surface area contributed by atoms with E-state index in [1.165, 1.54) is 52.9 Å². The van der Waals surface area contributed by atoms with Crippen LogP contribution in [0.2, 0.25) is 0 Å². The van der Waals surface area contributed by atoms with Crippen molar-refractivity contribution >= 4 is 11.7 Å². The minimum atomic E-state index is -1.70. The first-order chi connectivity index (χ1) is 27.0. The van der Waals surface area contributed by atoms with E-state index in [2.05, 4.69) is 24.7 Å². The fourth-order valence-corrected chi connectivity index (χ4v) is 6.60. The summed E-state index contributed by atoms with van der Waals surface area (Å²) >= 11 is 0. The summed E-state index contributed by atoms with van der Waals surface area (Å²) in [6.45, 7) is 4.73. The number of hydrogen-bond acceptors (Lipinski definition) is 9. The van der Waals surface area contributed by atoms with Gasteiger partial charge in [0.05, 0.1) is 35.9 Å². The maximum absolute atomic E-state index is 15.0. The third-order valence-electron chi connectivity index (χ3n) is 9.13. The molecule has 4 heterocycles. The fourth-order valence-electron chi connectivity index (χ4n) is 6.60. The molecule has 0 radical (unpaired) electrons. The van der Waals surface area contributed by atoms with Crippen molar-refractivity contribution in [1.29, 1.82) is 0 Å². The van der Waals surface area contributed by atoms with E-state index >= 15 is 0 Å². The topological polar surface area (TPSA) is 129 Å². The van der Waals surface area contributed by atoms with Crippen molar-refractivity contribution in [3.63, 3.8) is 0 Å². The Labute approximate surface area is 334 Å². The van der Waals surface area contributed by atoms with E-state index in [0.717, 1.165) is 41.3 Å². The molecule has 0 bridgehead atoms. The van der Waals surface area contributed by atoms with Gasteiger partial charge in [0.25, 0.3) is 0 Å². The van der Waals surface area contributed by atoms with Crippen LogP contribution in [0.4, 0.5) is 17.6 Å². The SMILES string of the molecule is CC(C)OC(=O)c1ccc(C[N+]2=C(c3ccc(F)cc3F)c3cc4c(cc3CC2)OCO4)cc1.OC(Cn1cncn1)(Cn1cncn1)c1ccc(F)cc1F.[Br-]. The van der Waals surface area contributed by atoms with Crippen molar-refractivity contribution in [2.45, 2.75) is 51.6 Å². The Balaban J connectivity index is 0.000000207. The van der Waals surface area contributed by atoms with E-state index in [9.17, 15) is 27.5 Å². The molecular weight excluding hydrogens is 814 g/mol. The molecule has 57 heavy (non-hydrogen) atoms. The summed E-state index contributed by atoms with van der Waals surface area (Å²) in [5.74, 6) is -1.90. The highest BCUT2D eigenvalue weighted by molar-refractivity contribution is 6.11. The maximum Gasteiger partial charge on any atom is 0.338 e. The van der Waals surface area contributed by atoms with Crippen molar-refractivity contribution < 1.29 is 63.2 Å². The fraction of sp³-hybridized carbons (Fsp3) is 0.250. The molecule has 0 unspecified atom stereocenters. The molecule has 12 nitrogen and oxygen atoms in total. The first-order valence-corrected chi connectivity index (χ1v) is 17.6. The number of fused-ring (bicyclic) bond motifs is 2. The third kappa shape index (κ3) is 9.37. The Bertz CT molecular complexity index is 2340. The Morgan fingerprint density at radius 3 is 2.04 bits per heavy atom. The molecule has 8 rings (SSSR count). The van der Waals surface area contributed by atoms with Gasteiger partial charge in [-0.25, -0.2) is 46.3 Å². The molecule has 296 valence electrons. The molecule has 1 N–H and O–H groups in total. The molecule has 0 saturated heterocycles. The van der Waals surface area contributed by atoms with Crippen molar-refractivity contribution in [2.75, 3.05) is 13.3 Å². The number of ether oxygens (including phenoxy) is 3. The van der Waals surface area contributed by atoms with Gasteiger partial charge in [-0.05, 0) is 61.9 Å². The summed E-state index contributed by atoms with van der Waals surface area (Å²) < 4.78 is 77.0. The monoisotopic (exact) mass is 849 g/mol. The molecule has 6 aromatic rings. The summed E-state index contributed by atoms with van der Waals surface area (Å²) in [7, 11) is 0. The lowest BCUT2D eigenvalue weighted by Gasteiger charge is -2.28. The first-order valence-electron chi connectivity index (χ1n) is 17.6. The molecule has 2 aliphatic heterocycles. The molecule has 0 amide bonds. The zero-order chi connectivity index (χ0) is 39.4. The van der Waals surface area contributed by atoms with E-state index < -0.39 is 28.9 Å². The van der Waals surface area contributed by atoms with Crippen LogP contribution in [0.1, 0.15) is 52.0 Å². The molecule has 0 fully saturated rings. The Kier molecular flexibility index (Phi) is 12.5. The molecule has 0 atom stereocenters. The van der Waals surface area contributed by atoms with E-state index in [1.807, 2.05) is 24.3 Å². The average molecular weight is 851 g/mol. The third-order valence-corrected chi connectivity index (χ3v) is 9.13. The van der Waals surface area contributed by atoms with Gasteiger partial charge in [-0.3, -0.25) is 0 Å². The molecule has 4 aromatic carbocycles. The minimum absolute atomic E-state index is 0. The summed E-state index contributed by atoms with van der Waals surface area (Å²) in [5.41, 5.74) is 2.51. The number of carbonyl (C=O) groups excluding carboxylic acids is 1. The van der Waals surface area contributed by atoms with Gasteiger partial charge in [-0.15, -0.1) is 0 Å². The quantitative estimate of drug-likeness (QED) is 0.126. The Morgan fingerprint density at radius 1 is 0.842 bits per heavy atom. The predicted octanol–water partition coefficient (Wildman–Crippen LogP) is 2.60. The maximum atomic E-state index is 15.0. The van der Waals surface area contributed by atoms with Crippen LogP contribution < -0.4 is 26.5 Å². The van der Waals surface area contributed by atoms with Crippen LogP contribution in [0.3, 0.4) is 0 Å². The van der Waals surface area contributed by atoms with Crippen LogP contribution in [0.5, 0.6) is 11.5 Å². The summed E-state index contributed by atoms with van der Waals surface area (Å²) in [5, 5.41) is 18.8. The lowest BCUT2D eigenvalue weighted by atomic mass is 9.91. The summed E-state index contributed by atoms with van der Waals surface area (Å²) in [4.78, 5) is 19.7. The van der Waals surface area contributed by atoms with Crippen molar-refractivity contribution in [2.24, 2.45) is 0 Å². The molecule has 0 saturated carbocycles. The van der Waals surface area contributed by atoms with Crippen LogP contribution in [-0.4, -0.2) is 70.3 Å². The summed E-state index contributed by atoms with van der Waals surface area (Å²) in [6.07, 6.45) is 5.94. The van der Waals surface area contributed by atoms with Gasteiger partial charge < -0.3 is 36.3 Å². The number of aliphatic hydroxyl groups is 1. The predicted molar refractivity (Wildman–Crippen MR) is 192 cm³/mol. The molecule has 17 heteroatoms. The van der Waals surface area contributed by atoms with E-state index in [4.69, 9.17) is 14.2 Å². The molecule has 0 spiro atoms. The first kappa shape index (κ1) is 40.7. The number of rotatable bonds is 10. The lowest BCUT2D eigenvalue weighted by molar-refractivity contribution is -0.544. The van der Waals surface area contributed by atoms with E-state index in [0.29, 0.717) is 41.4 Å². The van der Waals surface area contributed by atoms with Crippen LogP contribution in [0.15, 0.2) is 98.1 Å². The molecule has 2 aliphatic rings. The number of aromatic nitrogens is 6. The van der Waals surface area contributed by atoms with Gasteiger partial charge in [-0.1, -0.05) is 18.2 Å². The highest BCUT2D eigenvalue weighted by atomic mass is 79.9. The van der Waals surface area contributed by atoms with Crippen molar-refractivity contribution in [1.82, 2.24) is 29.5 Å². The highest BCUT2D eigenvalue weighted by Gasteiger charge is 2.35. The van der Waals surface area contributed by atoms with E-state index in [-0.39, 0.29) is 54.5 Å². The number of halogens is 5. The van der Waals surface area contributed by atoms with Crippen molar-refractivity contribution in [3.8, 4) is 11.5 Å². The number of carbonyl (C=O) groups is 1. The highest BCUT2D eigenvalue weighted by Crippen LogP contribution is 2.37. The minimum Gasteiger partial charge on any atom is -1.00 e. The van der Waals surface area contributed by atoms with Crippen LogP contribution in [-0.2, 0) is 36.4 Å². The van der Waals surface area contributed by atoms with Gasteiger partial charge in [0.15, 0.2) is 18.0 Å². The number of hydrogen-bond donors (Lipinski definition) is 1. The van der Waals surface area contributed by atoms with Gasteiger partial charge in [0.1, 0.15) is 60.7 Å². The second-order valence-electron chi connectivity index (χ2n) is 13.5. The number of nitrogens with zero attached hydrogens (tertiary/aromatic N) is 7. The average Bonchev–Trinajstić information content (AvgIpc) is 3.96. The number of esters is 1. The Hall–Kier alpha value is -5.94. The van der Waals surface area contributed by atoms with Gasteiger partial charge in [0, 0.05) is 29.7 Å². The summed E-state index contributed by atoms with van der Waals surface area (Å²) in [6, 6.07) is 17.7. The van der Waals surface area contributed by atoms with Gasteiger partial charge in [0.2, 0.25) is 12.5 Å². The molecular formula is C40H36BrF4N7O5. The van der Waals surface area contributed by atoms with Gasteiger partial charge >= 0.3 is 5.97 Å². The second-order valence-corrected chi connectivity index (χ2v) is 13.5. The van der Waals surface area contributed by atoms with Crippen LogP contribution in [0.25, 0.3) is 0 Å². The van der Waals surface area contributed by atoms with Crippen LogP contribution >= 0.6 is 0 Å². The zero-order valence-corrected chi connectivity index (χ0v) is 32.2. The molecule has 0 aliphatic carbocycles. The smallest absolute Gasteiger partial charge is 0.338 e. The number of benzene rings is 4. The van der Waals surface area contributed by atoms with E-state index in [1.54, 1.807) is 26.0 Å². The zero-order valence-electron chi connectivity index (χ0n) is 30.7. The second kappa shape index (κ2) is 17.5. The van der Waals surface area contributed by atoms with Crippen molar-refractivity contribution in [3.05, 3.63) is 155 Å². The van der Waals surface area contributed by atoms with Gasteiger partial charge in [-0.2, -0.15) is 10.2 Å². The Morgan fingerprint density at radius 2 is 1.46 bits per heavy atom. The molecule has 2 aromatic heterocycles. The van der Waals surface area contributed by atoms with Crippen LogP contribution in [0, 0.1) is 23.3 Å².